The van der Waals surface area contributed by atoms with Crippen molar-refractivity contribution in [3.8, 4) is 5.88 Å². The van der Waals surface area contributed by atoms with Crippen molar-refractivity contribution in [1.29, 1.82) is 0 Å². The van der Waals surface area contributed by atoms with Gasteiger partial charge in [0.25, 0.3) is 5.91 Å². The topological polar surface area (TPSA) is 87.6 Å². The number of ether oxygens (including phenoxy) is 1. The van der Waals surface area contributed by atoms with E-state index in [1.54, 1.807) is 13.1 Å². The summed E-state index contributed by atoms with van der Waals surface area (Å²) in [6.07, 6.45) is -3.02. The van der Waals surface area contributed by atoms with Crippen LogP contribution < -0.4 is 20.7 Å². The Morgan fingerprint density at radius 2 is 2.00 bits per heavy atom. The summed E-state index contributed by atoms with van der Waals surface area (Å²) in [6.45, 7) is 3.71. The number of aromatic nitrogens is 1. The molecule has 168 valence electrons. The molecule has 3 N–H and O–H groups in total. The van der Waals surface area contributed by atoms with Crippen LogP contribution in [-0.4, -0.2) is 50.1 Å². The second-order valence-corrected chi connectivity index (χ2v) is 6.45. The van der Waals surface area contributed by atoms with Crippen LogP contribution in [0.2, 0.25) is 0 Å². The standard InChI is InChI=1S/C21H26F3N5O2/c1-3-26-20(27-10-9-15-5-4-6-16(13-15)19(30)25-2)28-11-12-31-18-8-7-17(14-29-18)21(22,23)24/h4-8,13-14H,3,9-12H2,1-2H3,(H,25,30)(H2,26,27,28). The van der Waals surface area contributed by atoms with Crippen LogP contribution in [0.1, 0.15) is 28.4 Å². The summed E-state index contributed by atoms with van der Waals surface area (Å²) in [4.78, 5) is 19.9. The summed E-state index contributed by atoms with van der Waals surface area (Å²) in [5.74, 6) is 0.574. The van der Waals surface area contributed by atoms with Crippen molar-refractivity contribution in [2.75, 3.05) is 33.3 Å². The Kier molecular flexibility index (Phi) is 9.11. The number of hydrogen-bond donors (Lipinski definition) is 3. The number of halogens is 3. The molecule has 10 heteroatoms. The first-order valence-corrected chi connectivity index (χ1v) is 9.82. The minimum absolute atomic E-state index is 0.118. The number of benzene rings is 1. The van der Waals surface area contributed by atoms with Crippen LogP contribution in [0.25, 0.3) is 0 Å². The van der Waals surface area contributed by atoms with Crippen LogP contribution in [-0.2, 0) is 12.6 Å². The monoisotopic (exact) mass is 437 g/mol. The zero-order chi connectivity index (χ0) is 22.7. The van der Waals surface area contributed by atoms with Crippen LogP contribution in [0.3, 0.4) is 0 Å². The molecule has 0 saturated heterocycles. The number of alkyl halides is 3. The molecule has 1 amide bonds. The van der Waals surface area contributed by atoms with Crippen LogP contribution in [0.4, 0.5) is 13.2 Å². The lowest BCUT2D eigenvalue weighted by Crippen LogP contribution is -2.39. The number of nitrogens with one attached hydrogen (secondary N) is 3. The number of nitrogens with zero attached hydrogens (tertiary/aromatic N) is 2. The fraction of sp³-hybridized carbons (Fsp3) is 0.381. The molecule has 0 aliphatic carbocycles. The molecule has 0 radical (unpaired) electrons. The fourth-order valence-electron chi connectivity index (χ4n) is 2.61. The Balaban J connectivity index is 1.80. The zero-order valence-electron chi connectivity index (χ0n) is 17.4. The molecule has 0 fully saturated rings. The van der Waals surface area contributed by atoms with E-state index in [1.165, 1.54) is 6.07 Å². The molecule has 0 bridgehead atoms. The van der Waals surface area contributed by atoms with Crippen molar-refractivity contribution in [3.63, 3.8) is 0 Å². The second kappa shape index (κ2) is 11.8. The van der Waals surface area contributed by atoms with Gasteiger partial charge in [-0.1, -0.05) is 12.1 Å². The normalized spacial score (nSPS) is 11.7. The predicted octanol–water partition coefficient (Wildman–Crippen LogP) is 2.64. The van der Waals surface area contributed by atoms with Crippen LogP contribution in [0, 0.1) is 0 Å². The highest BCUT2D eigenvalue weighted by atomic mass is 19.4. The van der Waals surface area contributed by atoms with Gasteiger partial charge in [0, 0.05) is 38.0 Å². The van der Waals surface area contributed by atoms with E-state index < -0.39 is 11.7 Å². The van der Waals surface area contributed by atoms with E-state index in [4.69, 9.17) is 4.74 Å². The maximum absolute atomic E-state index is 12.5. The first-order chi connectivity index (χ1) is 14.8. The summed E-state index contributed by atoms with van der Waals surface area (Å²) in [5.41, 5.74) is 0.779. The van der Waals surface area contributed by atoms with Gasteiger partial charge in [-0.2, -0.15) is 13.2 Å². The van der Waals surface area contributed by atoms with Crippen molar-refractivity contribution in [1.82, 2.24) is 20.9 Å². The van der Waals surface area contributed by atoms with Crippen molar-refractivity contribution in [3.05, 3.63) is 59.3 Å². The van der Waals surface area contributed by atoms with E-state index in [2.05, 4.69) is 25.9 Å². The molecule has 1 aromatic carbocycles. The van der Waals surface area contributed by atoms with E-state index in [1.807, 2.05) is 25.1 Å². The number of pyridine rings is 1. The number of aliphatic imine (C=N–C) groups is 1. The van der Waals surface area contributed by atoms with Crippen LogP contribution in [0.15, 0.2) is 47.6 Å². The Morgan fingerprint density at radius 1 is 1.19 bits per heavy atom. The fourth-order valence-corrected chi connectivity index (χ4v) is 2.61. The second-order valence-electron chi connectivity index (χ2n) is 6.45. The van der Waals surface area contributed by atoms with Gasteiger partial charge in [-0.3, -0.25) is 9.79 Å². The number of amides is 1. The summed E-state index contributed by atoms with van der Waals surface area (Å²) in [7, 11) is 1.59. The molecule has 0 unspecified atom stereocenters. The quantitative estimate of drug-likeness (QED) is 0.319. The van der Waals surface area contributed by atoms with Gasteiger partial charge in [0.05, 0.1) is 12.1 Å². The molecular weight excluding hydrogens is 411 g/mol. The third kappa shape index (κ3) is 8.15. The third-order valence-corrected chi connectivity index (χ3v) is 4.14. The highest BCUT2D eigenvalue weighted by Crippen LogP contribution is 2.29. The Bertz CT molecular complexity index is 870. The van der Waals surface area contributed by atoms with E-state index in [0.29, 0.717) is 37.6 Å². The predicted molar refractivity (Wildman–Crippen MR) is 112 cm³/mol. The lowest BCUT2D eigenvalue weighted by Gasteiger charge is -2.12. The SMILES string of the molecule is CCNC(=NCCc1cccc(C(=O)NC)c1)NCCOc1ccc(C(F)(F)F)cn1. The molecule has 31 heavy (non-hydrogen) atoms. The number of guanidine groups is 1. The average molecular weight is 437 g/mol. The minimum atomic E-state index is -4.42. The molecule has 0 spiro atoms. The van der Waals surface area contributed by atoms with E-state index in [-0.39, 0.29) is 18.4 Å². The molecule has 1 heterocycles. The Morgan fingerprint density at radius 3 is 2.65 bits per heavy atom. The van der Waals surface area contributed by atoms with Gasteiger partial charge in [0.2, 0.25) is 5.88 Å². The lowest BCUT2D eigenvalue weighted by molar-refractivity contribution is -0.137. The number of carbonyl (C=O) groups is 1. The molecule has 0 atom stereocenters. The van der Waals surface area contributed by atoms with E-state index >= 15 is 0 Å². The maximum atomic E-state index is 12.5. The summed E-state index contributed by atoms with van der Waals surface area (Å²) >= 11 is 0. The molecule has 0 aliphatic heterocycles. The highest BCUT2D eigenvalue weighted by Gasteiger charge is 2.30. The first kappa shape index (κ1) is 24.0. The number of carbonyl (C=O) groups excluding carboxylic acids is 1. The minimum Gasteiger partial charge on any atom is -0.476 e. The summed E-state index contributed by atoms with van der Waals surface area (Å²) in [6, 6.07) is 9.48. The molecule has 7 nitrogen and oxygen atoms in total. The lowest BCUT2D eigenvalue weighted by atomic mass is 10.1. The maximum Gasteiger partial charge on any atom is 0.417 e. The largest absolute Gasteiger partial charge is 0.476 e. The van der Waals surface area contributed by atoms with Crippen molar-refractivity contribution < 1.29 is 22.7 Å². The van der Waals surface area contributed by atoms with Crippen molar-refractivity contribution in [2.24, 2.45) is 4.99 Å². The smallest absolute Gasteiger partial charge is 0.417 e. The molecular formula is C21H26F3N5O2. The Hall–Kier alpha value is -3.30. The summed E-state index contributed by atoms with van der Waals surface area (Å²) in [5, 5.41) is 8.80. The van der Waals surface area contributed by atoms with Gasteiger partial charge in [0.1, 0.15) is 6.61 Å². The number of hydrogen-bond acceptors (Lipinski definition) is 4. The van der Waals surface area contributed by atoms with Gasteiger partial charge in [-0.15, -0.1) is 0 Å². The Labute approximate surface area is 179 Å². The number of rotatable bonds is 9. The van der Waals surface area contributed by atoms with Gasteiger partial charge in [-0.25, -0.2) is 4.98 Å². The molecule has 0 saturated carbocycles. The zero-order valence-corrected chi connectivity index (χ0v) is 17.4. The average Bonchev–Trinajstić information content (AvgIpc) is 2.76. The van der Waals surface area contributed by atoms with Crippen LogP contribution >= 0.6 is 0 Å². The van der Waals surface area contributed by atoms with Gasteiger partial charge < -0.3 is 20.7 Å². The summed E-state index contributed by atoms with van der Waals surface area (Å²) < 4.78 is 43.0. The first-order valence-electron chi connectivity index (χ1n) is 9.82. The molecule has 1 aromatic heterocycles. The van der Waals surface area contributed by atoms with Gasteiger partial charge >= 0.3 is 6.18 Å². The molecule has 2 aromatic rings. The third-order valence-electron chi connectivity index (χ3n) is 4.14. The van der Waals surface area contributed by atoms with E-state index in [9.17, 15) is 18.0 Å². The van der Waals surface area contributed by atoms with Gasteiger partial charge in [-0.05, 0) is 37.1 Å². The van der Waals surface area contributed by atoms with Crippen LogP contribution in [0.5, 0.6) is 5.88 Å². The van der Waals surface area contributed by atoms with Gasteiger partial charge in [0.15, 0.2) is 5.96 Å². The van der Waals surface area contributed by atoms with Crippen molar-refractivity contribution in [2.45, 2.75) is 19.5 Å². The van der Waals surface area contributed by atoms with E-state index in [0.717, 1.165) is 17.8 Å². The molecule has 2 rings (SSSR count). The molecule has 0 aliphatic rings. The highest BCUT2D eigenvalue weighted by molar-refractivity contribution is 5.94. The van der Waals surface area contributed by atoms with Crippen molar-refractivity contribution >= 4 is 11.9 Å².